The summed E-state index contributed by atoms with van der Waals surface area (Å²) >= 11 is 0. The second kappa shape index (κ2) is 8.16. The highest BCUT2D eigenvalue weighted by molar-refractivity contribution is 5.92. The summed E-state index contributed by atoms with van der Waals surface area (Å²) in [6.07, 6.45) is 0.741. The zero-order valence-corrected chi connectivity index (χ0v) is 14.6. The van der Waals surface area contributed by atoms with Gasteiger partial charge in [-0.1, -0.05) is 30.3 Å². The Morgan fingerprint density at radius 1 is 1.08 bits per heavy atom. The molecule has 3 rings (SSSR count). The maximum atomic E-state index is 12.4. The zero-order valence-electron chi connectivity index (χ0n) is 14.6. The Morgan fingerprint density at radius 2 is 1.85 bits per heavy atom. The number of nitrogens with one attached hydrogen (secondary N) is 1. The van der Waals surface area contributed by atoms with Crippen molar-refractivity contribution in [2.24, 2.45) is 0 Å². The summed E-state index contributed by atoms with van der Waals surface area (Å²) in [5.41, 5.74) is 9.61. The first-order chi connectivity index (χ1) is 12.7. The third-order valence-electron chi connectivity index (χ3n) is 4.02. The van der Waals surface area contributed by atoms with Crippen molar-refractivity contribution in [3.63, 3.8) is 0 Å². The maximum absolute atomic E-state index is 12.4. The molecular weight excluding hydrogens is 326 g/mol. The minimum atomic E-state index is -0.190. The van der Waals surface area contributed by atoms with Gasteiger partial charge in [-0.05, 0) is 48.4 Å². The van der Waals surface area contributed by atoms with Gasteiger partial charge in [0.1, 0.15) is 11.4 Å². The Balaban J connectivity index is 1.61. The normalized spacial score (nSPS) is 10.3. The van der Waals surface area contributed by atoms with Gasteiger partial charge >= 0.3 is 0 Å². The summed E-state index contributed by atoms with van der Waals surface area (Å²) in [7, 11) is 1.64. The molecule has 0 bridgehead atoms. The van der Waals surface area contributed by atoms with Gasteiger partial charge in [-0.15, -0.1) is 0 Å². The number of carbonyl (C=O) groups is 1. The average Bonchev–Trinajstić information content (AvgIpc) is 2.68. The number of nitrogens with zero attached hydrogens (tertiary/aromatic N) is 1. The summed E-state index contributed by atoms with van der Waals surface area (Å²) < 4.78 is 5.14. The predicted octanol–water partition coefficient (Wildman–Crippen LogP) is 3.31. The first kappa shape index (κ1) is 17.5. The van der Waals surface area contributed by atoms with Crippen molar-refractivity contribution in [3.05, 3.63) is 78.0 Å². The molecule has 26 heavy (non-hydrogen) atoms. The SMILES string of the molecule is COc1ccc(CCNC(=O)c2cccc(-c3cccc(N)c3)n2)cc1. The number of anilines is 1. The molecule has 1 aromatic heterocycles. The number of rotatable bonds is 6. The lowest BCUT2D eigenvalue weighted by Gasteiger charge is -2.08. The van der Waals surface area contributed by atoms with Crippen molar-refractivity contribution in [1.82, 2.24) is 10.3 Å². The summed E-state index contributed by atoms with van der Waals surface area (Å²) in [6.45, 7) is 0.537. The van der Waals surface area contributed by atoms with Crippen LogP contribution >= 0.6 is 0 Å². The third kappa shape index (κ3) is 4.39. The molecule has 0 aliphatic heterocycles. The monoisotopic (exact) mass is 347 g/mol. The van der Waals surface area contributed by atoms with E-state index in [0.717, 1.165) is 29.0 Å². The Bertz CT molecular complexity index is 892. The summed E-state index contributed by atoms with van der Waals surface area (Å²) in [5.74, 6) is 0.629. The van der Waals surface area contributed by atoms with E-state index in [4.69, 9.17) is 10.5 Å². The van der Waals surface area contributed by atoms with E-state index in [0.29, 0.717) is 17.9 Å². The molecule has 0 radical (unpaired) electrons. The van der Waals surface area contributed by atoms with Crippen LogP contribution in [0.2, 0.25) is 0 Å². The Morgan fingerprint density at radius 3 is 2.58 bits per heavy atom. The molecule has 0 aliphatic carbocycles. The fraction of sp³-hybridized carbons (Fsp3) is 0.143. The standard InChI is InChI=1S/C21H21N3O2/c1-26-18-10-8-15(9-11-18)12-13-23-21(25)20-7-3-6-19(24-20)16-4-2-5-17(22)14-16/h2-11,14H,12-13,22H2,1H3,(H,23,25). The summed E-state index contributed by atoms with van der Waals surface area (Å²) in [5, 5.41) is 2.91. The van der Waals surface area contributed by atoms with Gasteiger partial charge in [0.2, 0.25) is 0 Å². The Hall–Kier alpha value is -3.34. The molecule has 3 N–H and O–H groups in total. The molecule has 1 heterocycles. The molecular formula is C21H21N3O2. The highest BCUT2D eigenvalue weighted by Gasteiger charge is 2.09. The molecule has 5 heteroatoms. The minimum absolute atomic E-state index is 0.190. The van der Waals surface area contributed by atoms with E-state index in [1.807, 2.05) is 60.7 Å². The Kier molecular flexibility index (Phi) is 5.49. The minimum Gasteiger partial charge on any atom is -0.497 e. The largest absolute Gasteiger partial charge is 0.497 e. The van der Waals surface area contributed by atoms with Crippen LogP contribution in [0.1, 0.15) is 16.1 Å². The number of carbonyl (C=O) groups excluding carboxylic acids is 1. The van der Waals surface area contributed by atoms with E-state index in [2.05, 4.69) is 10.3 Å². The van der Waals surface area contributed by atoms with Crippen molar-refractivity contribution < 1.29 is 9.53 Å². The fourth-order valence-corrected chi connectivity index (χ4v) is 2.62. The van der Waals surface area contributed by atoms with Gasteiger partial charge in [-0.25, -0.2) is 4.98 Å². The van der Waals surface area contributed by atoms with E-state index in [9.17, 15) is 4.79 Å². The lowest BCUT2D eigenvalue weighted by Crippen LogP contribution is -2.26. The highest BCUT2D eigenvalue weighted by atomic mass is 16.5. The number of amides is 1. The average molecular weight is 347 g/mol. The smallest absolute Gasteiger partial charge is 0.269 e. The molecule has 0 unspecified atom stereocenters. The van der Waals surface area contributed by atoms with Crippen LogP contribution in [0.3, 0.4) is 0 Å². The third-order valence-corrected chi connectivity index (χ3v) is 4.02. The number of benzene rings is 2. The van der Waals surface area contributed by atoms with Crippen LogP contribution in [0, 0.1) is 0 Å². The van der Waals surface area contributed by atoms with E-state index >= 15 is 0 Å². The number of ether oxygens (including phenoxy) is 1. The molecule has 132 valence electrons. The molecule has 0 spiro atoms. The van der Waals surface area contributed by atoms with Crippen molar-refractivity contribution in [1.29, 1.82) is 0 Å². The second-order valence-corrected chi connectivity index (χ2v) is 5.89. The number of aromatic nitrogens is 1. The second-order valence-electron chi connectivity index (χ2n) is 5.89. The van der Waals surface area contributed by atoms with Crippen molar-refractivity contribution in [2.75, 3.05) is 19.4 Å². The number of hydrogen-bond acceptors (Lipinski definition) is 4. The van der Waals surface area contributed by atoms with Crippen LogP contribution in [-0.2, 0) is 6.42 Å². The number of nitrogens with two attached hydrogens (primary N) is 1. The van der Waals surface area contributed by atoms with Gasteiger partial charge in [0.15, 0.2) is 0 Å². The molecule has 2 aromatic carbocycles. The number of pyridine rings is 1. The van der Waals surface area contributed by atoms with Gasteiger partial charge in [0.25, 0.3) is 5.91 Å². The molecule has 0 fully saturated rings. The molecule has 3 aromatic rings. The maximum Gasteiger partial charge on any atom is 0.269 e. The topological polar surface area (TPSA) is 77.2 Å². The summed E-state index contributed by atoms with van der Waals surface area (Å²) in [6, 6.07) is 20.6. The van der Waals surface area contributed by atoms with Crippen molar-refractivity contribution in [2.45, 2.75) is 6.42 Å². The molecule has 0 aliphatic rings. The van der Waals surface area contributed by atoms with Crippen LogP contribution in [-0.4, -0.2) is 24.5 Å². The van der Waals surface area contributed by atoms with Gasteiger partial charge in [0.05, 0.1) is 12.8 Å². The van der Waals surface area contributed by atoms with Crippen LogP contribution in [0.15, 0.2) is 66.7 Å². The molecule has 1 amide bonds. The van der Waals surface area contributed by atoms with Gasteiger partial charge in [-0.3, -0.25) is 4.79 Å². The van der Waals surface area contributed by atoms with E-state index in [1.165, 1.54) is 0 Å². The van der Waals surface area contributed by atoms with E-state index < -0.39 is 0 Å². The first-order valence-electron chi connectivity index (χ1n) is 8.40. The Labute approximate surface area is 152 Å². The van der Waals surface area contributed by atoms with Gasteiger partial charge in [-0.2, -0.15) is 0 Å². The highest BCUT2D eigenvalue weighted by Crippen LogP contribution is 2.19. The van der Waals surface area contributed by atoms with E-state index in [-0.39, 0.29) is 5.91 Å². The number of nitrogen functional groups attached to an aromatic ring is 1. The molecule has 5 nitrogen and oxygen atoms in total. The van der Waals surface area contributed by atoms with E-state index in [1.54, 1.807) is 13.2 Å². The number of hydrogen-bond donors (Lipinski definition) is 2. The van der Waals surface area contributed by atoms with Crippen LogP contribution in [0.4, 0.5) is 5.69 Å². The lowest BCUT2D eigenvalue weighted by molar-refractivity contribution is 0.0949. The predicted molar refractivity (Wildman–Crippen MR) is 103 cm³/mol. The summed E-state index contributed by atoms with van der Waals surface area (Å²) in [4.78, 5) is 16.8. The molecule has 0 saturated carbocycles. The first-order valence-corrected chi connectivity index (χ1v) is 8.40. The number of methoxy groups -OCH3 is 1. The quantitative estimate of drug-likeness (QED) is 0.671. The van der Waals surface area contributed by atoms with Crippen LogP contribution in [0.25, 0.3) is 11.3 Å². The van der Waals surface area contributed by atoms with Crippen LogP contribution in [0.5, 0.6) is 5.75 Å². The van der Waals surface area contributed by atoms with Crippen molar-refractivity contribution >= 4 is 11.6 Å². The van der Waals surface area contributed by atoms with Gasteiger partial charge in [0, 0.05) is 17.8 Å². The van der Waals surface area contributed by atoms with Crippen LogP contribution < -0.4 is 15.8 Å². The zero-order chi connectivity index (χ0) is 18.4. The lowest BCUT2D eigenvalue weighted by atomic mass is 10.1. The van der Waals surface area contributed by atoms with Gasteiger partial charge < -0.3 is 15.8 Å². The molecule has 0 saturated heterocycles. The fourth-order valence-electron chi connectivity index (χ4n) is 2.62. The molecule has 0 atom stereocenters. The van der Waals surface area contributed by atoms with Crippen molar-refractivity contribution in [3.8, 4) is 17.0 Å².